The fraction of sp³-hybridized carbons (Fsp3) is 0.429. The number of carbonyl (C=O) groups excluding carboxylic acids is 2. The van der Waals surface area contributed by atoms with Crippen LogP contribution >= 0.6 is 0 Å². The number of hydrogen-bond acceptors (Lipinski definition) is 4. The summed E-state index contributed by atoms with van der Waals surface area (Å²) in [5, 5.41) is 0. The Morgan fingerprint density at radius 1 is 1.35 bits per heavy atom. The minimum Gasteiger partial charge on any atom is -0.496 e. The summed E-state index contributed by atoms with van der Waals surface area (Å²) in [5.74, 6) is -0.295. The van der Waals surface area contributed by atoms with Crippen molar-refractivity contribution in [2.45, 2.75) is 25.3 Å². The van der Waals surface area contributed by atoms with E-state index in [0.29, 0.717) is 30.0 Å². The number of rotatable bonds is 3. The zero-order valence-electron chi connectivity index (χ0n) is 11.5. The molecule has 0 bridgehead atoms. The number of nitrogen functional groups attached to an aromatic ring is 1. The van der Waals surface area contributed by atoms with Gasteiger partial charge in [0.1, 0.15) is 11.8 Å². The normalized spacial score (nSPS) is 18.6. The van der Waals surface area contributed by atoms with Gasteiger partial charge in [0, 0.05) is 12.2 Å². The maximum Gasteiger partial charge on any atom is 0.258 e. The number of ether oxygens (including phenoxy) is 1. The molecule has 20 heavy (non-hydrogen) atoms. The topological polar surface area (TPSA) is 98.7 Å². The number of nitrogens with zero attached hydrogens (tertiary/aromatic N) is 1. The van der Waals surface area contributed by atoms with E-state index in [1.54, 1.807) is 18.2 Å². The molecule has 6 heteroatoms. The van der Waals surface area contributed by atoms with Crippen LogP contribution in [-0.2, 0) is 4.79 Å². The summed E-state index contributed by atoms with van der Waals surface area (Å²) in [4.78, 5) is 25.6. The maximum atomic E-state index is 12.6. The number of primary amides is 1. The molecular formula is C14H19N3O3. The molecule has 0 saturated carbocycles. The summed E-state index contributed by atoms with van der Waals surface area (Å²) < 4.78 is 5.19. The van der Waals surface area contributed by atoms with E-state index in [1.165, 1.54) is 12.0 Å². The van der Waals surface area contributed by atoms with Gasteiger partial charge in [0.25, 0.3) is 5.91 Å². The molecule has 1 heterocycles. The van der Waals surface area contributed by atoms with Crippen LogP contribution in [0.5, 0.6) is 5.75 Å². The van der Waals surface area contributed by atoms with Crippen molar-refractivity contribution in [1.82, 2.24) is 4.90 Å². The van der Waals surface area contributed by atoms with Gasteiger partial charge in [-0.3, -0.25) is 9.59 Å². The molecule has 0 spiro atoms. The minimum absolute atomic E-state index is 0.266. The molecule has 1 atom stereocenters. The molecule has 0 radical (unpaired) electrons. The van der Waals surface area contributed by atoms with Crippen molar-refractivity contribution in [1.29, 1.82) is 0 Å². The number of anilines is 1. The molecule has 2 rings (SSSR count). The Bertz CT molecular complexity index is 530. The van der Waals surface area contributed by atoms with Crippen LogP contribution < -0.4 is 16.2 Å². The molecule has 0 aliphatic carbocycles. The first-order valence-corrected chi connectivity index (χ1v) is 6.58. The summed E-state index contributed by atoms with van der Waals surface area (Å²) >= 11 is 0. The van der Waals surface area contributed by atoms with Crippen LogP contribution in [0.3, 0.4) is 0 Å². The molecule has 0 aromatic heterocycles. The lowest BCUT2D eigenvalue weighted by atomic mass is 10.00. The number of methoxy groups -OCH3 is 1. The van der Waals surface area contributed by atoms with Gasteiger partial charge < -0.3 is 21.1 Å². The van der Waals surface area contributed by atoms with Crippen molar-refractivity contribution in [3.05, 3.63) is 23.8 Å². The van der Waals surface area contributed by atoms with Crippen molar-refractivity contribution >= 4 is 17.5 Å². The molecular weight excluding hydrogens is 258 g/mol. The average molecular weight is 277 g/mol. The summed E-state index contributed by atoms with van der Waals surface area (Å²) in [6.45, 7) is 0.518. The molecule has 1 saturated heterocycles. The number of carbonyl (C=O) groups is 2. The quantitative estimate of drug-likeness (QED) is 0.797. The number of amides is 2. The second-order valence-corrected chi connectivity index (χ2v) is 4.87. The van der Waals surface area contributed by atoms with Crippen LogP contribution in [-0.4, -0.2) is 36.4 Å². The monoisotopic (exact) mass is 277 g/mol. The lowest BCUT2D eigenvalue weighted by molar-refractivity contribution is -0.123. The number of hydrogen-bond donors (Lipinski definition) is 2. The van der Waals surface area contributed by atoms with E-state index in [0.717, 1.165) is 12.8 Å². The van der Waals surface area contributed by atoms with Gasteiger partial charge in [0.15, 0.2) is 0 Å². The molecule has 4 N–H and O–H groups in total. The highest BCUT2D eigenvalue weighted by molar-refractivity contribution is 6.00. The Kier molecular flexibility index (Phi) is 4.12. The van der Waals surface area contributed by atoms with Gasteiger partial charge in [0.05, 0.1) is 12.7 Å². The van der Waals surface area contributed by atoms with Gasteiger partial charge in [-0.25, -0.2) is 0 Å². The highest BCUT2D eigenvalue weighted by Crippen LogP contribution is 2.26. The van der Waals surface area contributed by atoms with Crippen LogP contribution in [0, 0.1) is 0 Å². The number of likely N-dealkylation sites (tertiary alicyclic amines) is 1. The Hall–Kier alpha value is -2.24. The van der Waals surface area contributed by atoms with Crippen LogP contribution in [0.15, 0.2) is 18.2 Å². The van der Waals surface area contributed by atoms with E-state index >= 15 is 0 Å². The molecule has 1 aromatic rings. The number of piperidine rings is 1. The smallest absolute Gasteiger partial charge is 0.258 e. The molecule has 1 unspecified atom stereocenters. The predicted octanol–water partition coefficient (Wildman–Crippen LogP) is 0.757. The van der Waals surface area contributed by atoms with E-state index in [4.69, 9.17) is 16.2 Å². The van der Waals surface area contributed by atoms with E-state index in [-0.39, 0.29) is 5.91 Å². The standard InChI is InChI=1S/C14H19N3O3/c1-20-12-6-5-9(15)8-10(12)14(19)17-7-3-2-4-11(17)13(16)18/h5-6,8,11H,2-4,7,15H2,1H3,(H2,16,18). The molecule has 1 aromatic carbocycles. The lowest BCUT2D eigenvalue weighted by Gasteiger charge is -2.34. The Labute approximate surface area is 117 Å². The summed E-state index contributed by atoms with van der Waals surface area (Å²) in [6.07, 6.45) is 2.36. The molecule has 1 aliphatic rings. The van der Waals surface area contributed by atoms with Crippen LogP contribution in [0.1, 0.15) is 29.6 Å². The second kappa shape index (κ2) is 5.81. The molecule has 6 nitrogen and oxygen atoms in total. The van der Waals surface area contributed by atoms with Gasteiger partial charge in [0.2, 0.25) is 5.91 Å². The van der Waals surface area contributed by atoms with E-state index in [1.807, 2.05) is 0 Å². The predicted molar refractivity (Wildman–Crippen MR) is 75.3 cm³/mol. The number of nitrogens with two attached hydrogens (primary N) is 2. The fourth-order valence-electron chi connectivity index (χ4n) is 2.52. The summed E-state index contributed by atoms with van der Waals surface area (Å²) in [6, 6.07) is 4.32. The van der Waals surface area contributed by atoms with Gasteiger partial charge in [-0.1, -0.05) is 0 Å². The van der Waals surface area contributed by atoms with Gasteiger partial charge in [-0.15, -0.1) is 0 Å². The van der Waals surface area contributed by atoms with Crippen LogP contribution in [0.2, 0.25) is 0 Å². The maximum absolute atomic E-state index is 12.6. The Balaban J connectivity index is 2.34. The first-order chi connectivity index (χ1) is 9.54. The fourth-order valence-corrected chi connectivity index (χ4v) is 2.52. The molecule has 1 fully saturated rings. The van der Waals surface area contributed by atoms with Crippen LogP contribution in [0.4, 0.5) is 5.69 Å². The van der Waals surface area contributed by atoms with Crippen molar-refractivity contribution in [2.75, 3.05) is 19.4 Å². The van der Waals surface area contributed by atoms with Gasteiger partial charge in [-0.2, -0.15) is 0 Å². The Morgan fingerprint density at radius 2 is 2.10 bits per heavy atom. The van der Waals surface area contributed by atoms with Crippen LogP contribution in [0.25, 0.3) is 0 Å². The zero-order valence-corrected chi connectivity index (χ0v) is 11.5. The van der Waals surface area contributed by atoms with Crippen molar-refractivity contribution in [2.24, 2.45) is 5.73 Å². The largest absolute Gasteiger partial charge is 0.496 e. The highest BCUT2D eigenvalue weighted by Gasteiger charge is 2.32. The van der Waals surface area contributed by atoms with Crippen molar-refractivity contribution in [3.8, 4) is 5.75 Å². The second-order valence-electron chi connectivity index (χ2n) is 4.87. The highest BCUT2D eigenvalue weighted by atomic mass is 16.5. The zero-order chi connectivity index (χ0) is 14.7. The minimum atomic E-state index is -0.553. The first kappa shape index (κ1) is 14.2. The summed E-state index contributed by atoms with van der Waals surface area (Å²) in [5.41, 5.74) is 11.9. The van der Waals surface area contributed by atoms with E-state index in [9.17, 15) is 9.59 Å². The van der Waals surface area contributed by atoms with Gasteiger partial charge >= 0.3 is 0 Å². The Morgan fingerprint density at radius 3 is 2.75 bits per heavy atom. The average Bonchev–Trinajstić information content (AvgIpc) is 2.46. The van der Waals surface area contributed by atoms with Gasteiger partial charge in [-0.05, 0) is 37.5 Å². The molecule has 108 valence electrons. The van der Waals surface area contributed by atoms with Crippen molar-refractivity contribution < 1.29 is 14.3 Å². The molecule has 2 amide bonds. The van der Waals surface area contributed by atoms with E-state index < -0.39 is 11.9 Å². The first-order valence-electron chi connectivity index (χ1n) is 6.58. The third-order valence-corrected chi connectivity index (χ3v) is 3.55. The number of benzene rings is 1. The lowest BCUT2D eigenvalue weighted by Crippen LogP contribution is -2.50. The van der Waals surface area contributed by atoms with E-state index in [2.05, 4.69) is 0 Å². The third kappa shape index (κ3) is 2.68. The summed E-state index contributed by atoms with van der Waals surface area (Å²) in [7, 11) is 1.49. The SMILES string of the molecule is COc1ccc(N)cc1C(=O)N1CCCCC1C(N)=O. The van der Waals surface area contributed by atoms with Crippen molar-refractivity contribution in [3.63, 3.8) is 0 Å². The molecule has 1 aliphatic heterocycles. The third-order valence-electron chi connectivity index (χ3n) is 3.55.